The lowest BCUT2D eigenvalue weighted by molar-refractivity contribution is -0.114. The quantitative estimate of drug-likeness (QED) is 0.763. The molecule has 2 heterocycles. The van der Waals surface area contributed by atoms with E-state index in [-0.39, 0.29) is 22.9 Å². The highest BCUT2D eigenvalue weighted by Gasteiger charge is 2.20. The van der Waals surface area contributed by atoms with Crippen LogP contribution < -0.4 is 5.32 Å². The largest absolute Gasteiger partial charge is 0.477 e. The van der Waals surface area contributed by atoms with Gasteiger partial charge >= 0.3 is 5.97 Å². The third kappa shape index (κ3) is 1.80. The molecule has 0 saturated carbocycles. The number of nitrogens with zero attached hydrogens (tertiary/aromatic N) is 4. The Bertz CT molecular complexity index is 618. The molecule has 8 heteroatoms. The maximum atomic E-state index is 11.1. The summed E-state index contributed by atoms with van der Waals surface area (Å²) in [7, 11) is 0. The number of aromatic carboxylic acids is 1. The molecule has 0 spiro atoms. The fourth-order valence-corrected chi connectivity index (χ4v) is 1.49. The lowest BCUT2D eigenvalue weighted by Crippen LogP contribution is -2.17. The van der Waals surface area contributed by atoms with Crippen molar-refractivity contribution < 1.29 is 14.7 Å². The standard InChI is InChI=1S/C9H9N5O3/c1-4-6(8(16)17)7(13-5(2)15)14-9(12-4)10-3-11-14/h3H,1-2H3,(H,13,15)(H,16,17). The summed E-state index contributed by atoms with van der Waals surface area (Å²) in [4.78, 5) is 30.0. The van der Waals surface area contributed by atoms with Crippen molar-refractivity contribution in [1.82, 2.24) is 19.6 Å². The van der Waals surface area contributed by atoms with Crippen LogP contribution in [0.1, 0.15) is 23.0 Å². The molecule has 2 N–H and O–H groups in total. The van der Waals surface area contributed by atoms with Gasteiger partial charge in [-0.2, -0.15) is 14.6 Å². The summed E-state index contributed by atoms with van der Waals surface area (Å²) >= 11 is 0. The molecular weight excluding hydrogens is 226 g/mol. The molecule has 0 aromatic carbocycles. The molecule has 0 fully saturated rings. The van der Waals surface area contributed by atoms with Gasteiger partial charge < -0.3 is 10.4 Å². The van der Waals surface area contributed by atoms with E-state index < -0.39 is 11.9 Å². The van der Waals surface area contributed by atoms with Gasteiger partial charge in [0, 0.05) is 6.92 Å². The third-order valence-electron chi connectivity index (χ3n) is 2.12. The zero-order chi connectivity index (χ0) is 12.6. The number of hydrogen-bond acceptors (Lipinski definition) is 5. The van der Waals surface area contributed by atoms with Crippen LogP contribution in [0.2, 0.25) is 0 Å². The second kappa shape index (κ2) is 3.81. The zero-order valence-corrected chi connectivity index (χ0v) is 9.13. The van der Waals surface area contributed by atoms with Gasteiger partial charge in [-0.05, 0) is 6.92 Å². The molecule has 0 atom stereocenters. The molecule has 8 nitrogen and oxygen atoms in total. The van der Waals surface area contributed by atoms with E-state index in [0.717, 1.165) is 0 Å². The van der Waals surface area contributed by atoms with E-state index in [2.05, 4.69) is 20.4 Å². The lowest BCUT2D eigenvalue weighted by atomic mass is 10.2. The van der Waals surface area contributed by atoms with Crippen molar-refractivity contribution >= 4 is 23.5 Å². The van der Waals surface area contributed by atoms with Crippen LogP contribution in [0.3, 0.4) is 0 Å². The normalized spacial score (nSPS) is 10.5. The Balaban J connectivity index is 2.79. The first-order valence-corrected chi connectivity index (χ1v) is 4.72. The Hall–Kier alpha value is -2.51. The van der Waals surface area contributed by atoms with Crippen LogP contribution in [0.25, 0.3) is 5.78 Å². The van der Waals surface area contributed by atoms with E-state index in [0.29, 0.717) is 0 Å². The second-order valence-electron chi connectivity index (χ2n) is 3.38. The number of fused-ring (bicyclic) bond motifs is 1. The van der Waals surface area contributed by atoms with Crippen LogP contribution in [0.4, 0.5) is 5.82 Å². The predicted molar refractivity (Wildman–Crippen MR) is 56.8 cm³/mol. The highest BCUT2D eigenvalue weighted by atomic mass is 16.4. The smallest absolute Gasteiger partial charge is 0.341 e. The number of anilines is 1. The van der Waals surface area contributed by atoms with E-state index in [1.165, 1.54) is 24.7 Å². The highest BCUT2D eigenvalue weighted by Crippen LogP contribution is 2.18. The van der Waals surface area contributed by atoms with Crippen molar-refractivity contribution in [1.29, 1.82) is 0 Å². The van der Waals surface area contributed by atoms with Crippen molar-refractivity contribution in [3.05, 3.63) is 17.6 Å². The molecule has 2 rings (SSSR count). The van der Waals surface area contributed by atoms with E-state index in [9.17, 15) is 9.59 Å². The number of rotatable bonds is 2. The summed E-state index contributed by atoms with van der Waals surface area (Å²) in [6.07, 6.45) is 1.23. The van der Waals surface area contributed by atoms with Crippen molar-refractivity contribution in [3.8, 4) is 0 Å². The first kappa shape index (κ1) is 11.0. The van der Waals surface area contributed by atoms with Gasteiger partial charge in [0.05, 0.1) is 5.69 Å². The van der Waals surface area contributed by atoms with Crippen LogP contribution in [-0.4, -0.2) is 36.6 Å². The molecule has 2 aromatic heterocycles. The van der Waals surface area contributed by atoms with E-state index >= 15 is 0 Å². The predicted octanol–water partition coefficient (Wildman–Crippen LogP) is 0.0893. The number of hydrogen-bond donors (Lipinski definition) is 2. The van der Waals surface area contributed by atoms with Gasteiger partial charge in [0.2, 0.25) is 5.91 Å². The average molecular weight is 235 g/mol. The molecule has 17 heavy (non-hydrogen) atoms. The molecule has 0 aliphatic carbocycles. The van der Waals surface area contributed by atoms with Crippen molar-refractivity contribution in [3.63, 3.8) is 0 Å². The minimum absolute atomic E-state index is 0.0602. The zero-order valence-electron chi connectivity index (χ0n) is 9.13. The minimum atomic E-state index is -1.18. The summed E-state index contributed by atoms with van der Waals surface area (Å²) in [6.45, 7) is 2.81. The average Bonchev–Trinajstić information content (AvgIpc) is 2.63. The SMILES string of the molecule is CC(=O)Nc1c(C(=O)O)c(C)nc2ncnn12. The number of aryl methyl sites for hydroxylation is 1. The first-order valence-electron chi connectivity index (χ1n) is 4.72. The van der Waals surface area contributed by atoms with Crippen LogP contribution in [-0.2, 0) is 4.79 Å². The number of carbonyl (C=O) groups is 2. The molecule has 0 radical (unpaired) electrons. The number of carboxylic acids is 1. The monoisotopic (exact) mass is 235 g/mol. The Morgan fingerprint density at radius 3 is 2.76 bits per heavy atom. The highest BCUT2D eigenvalue weighted by molar-refractivity contribution is 5.99. The molecule has 0 aliphatic rings. The lowest BCUT2D eigenvalue weighted by Gasteiger charge is -2.09. The first-order chi connectivity index (χ1) is 8.00. The van der Waals surface area contributed by atoms with E-state index in [1.54, 1.807) is 0 Å². The Morgan fingerprint density at radius 2 is 2.18 bits per heavy atom. The van der Waals surface area contributed by atoms with Crippen molar-refractivity contribution in [2.45, 2.75) is 13.8 Å². The van der Waals surface area contributed by atoms with Gasteiger partial charge in [-0.3, -0.25) is 4.79 Å². The minimum Gasteiger partial charge on any atom is -0.477 e. The summed E-state index contributed by atoms with van der Waals surface area (Å²) in [5.74, 6) is -1.28. The summed E-state index contributed by atoms with van der Waals surface area (Å²) in [5.41, 5.74) is 0.167. The number of carboxylic acid groups (broad SMARTS) is 1. The number of aromatic nitrogens is 4. The Kier molecular flexibility index (Phi) is 2.47. The molecule has 88 valence electrons. The molecule has 0 saturated heterocycles. The van der Waals surface area contributed by atoms with Crippen LogP contribution in [0, 0.1) is 6.92 Å². The molecule has 0 unspecified atom stereocenters. The van der Waals surface area contributed by atoms with Crippen molar-refractivity contribution in [2.24, 2.45) is 0 Å². The van der Waals surface area contributed by atoms with Gasteiger partial charge in [0.15, 0.2) is 5.82 Å². The molecule has 2 aromatic rings. The van der Waals surface area contributed by atoms with Gasteiger partial charge in [0.1, 0.15) is 11.9 Å². The van der Waals surface area contributed by atoms with Crippen molar-refractivity contribution in [2.75, 3.05) is 5.32 Å². The van der Waals surface area contributed by atoms with Crippen LogP contribution >= 0.6 is 0 Å². The maximum Gasteiger partial charge on any atom is 0.341 e. The third-order valence-corrected chi connectivity index (χ3v) is 2.12. The number of nitrogens with one attached hydrogen (secondary N) is 1. The summed E-state index contributed by atoms with van der Waals surface area (Å²) in [5, 5.41) is 15.3. The van der Waals surface area contributed by atoms with Gasteiger partial charge in [-0.25, -0.2) is 9.78 Å². The topological polar surface area (TPSA) is 109 Å². The van der Waals surface area contributed by atoms with Gasteiger partial charge in [-0.1, -0.05) is 0 Å². The Morgan fingerprint density at radius 1 is 1.47 bits per heavy atom. The van der Waals surface area contributed by atoms with Gasteiger partial charge in [-0.15, -0.1) is 0 Å². The fourth-order valence-electron chi connectivity index (χ4n) is 1.49. The molecule has 0 bridgehead atoms. The van der Waals surface area contributed by atoms with Crippen LogP contribution in [0.5, 0.6) is 0 Å². The Labute approximate surface area is 95.3 Å². The number of amides is 1. The van der Waals surface area contributed by atoms with E-state index in [1.807, 2.05) is 0 Å². The molecule has 1 amide bonds. The fraction of sp³-hybridized carbons (Fsp3) is 0.222. The van der Waals surface area contributed by atoms with Crippen LogP contribution in [0.15, 0.2) is 6.33 Å². The summed E-state index contributed by atoms with van der Waals surface area (Å²) < 4.78 is 1.18. The molecular formula is C9H9N5O3. The number of carbonyl (C=O) groups excluding carboxylic acids is 1. The second-order valence-corrected chi connectivity index (χ2v) is 3.38. The molecule has 0 aliphatic heterocycles. The van der Waals surface area contributed by atoms with E-state index in [4.69, 9.17) is 5.11 Å². The summed E-state index contributed by atoms with van der Waals surface area (Å²) in [6, 6.07) is 0. The van der Waals surface area contributed by atoms with Gasteiger partial charge in [0.25, 0.3) is 5.78 Å². The maximum absolute atomic E-state index is 11.1.